The number of aromatic nitrogens is 2. The van der Waals surface area contributed by atoms with Crippen LogP contribution in [0.3, 0.4) is 0 Å². The molecule has 0 aliphatic heterocycles. The molecule has 7 nitrogen and oxygen atoms in total. The molecule has 5 rings (SSSR count). The molecule has 0 aliphatic rings. The molecular formula is C34H30N4O3S. The number of nitrogens with one attached hydrogen (secondary N) is 2. The van der Waals surface area contributed by atoms with Gasteiger partial charge in [0, 0.05) is 23.7 Å². The van der Waals surface area contributed by atoms with E-state index in [0.29, 0.717) is 17.1 Å². The Labute approximate surface area is 248 Å². The zero-order chi connectivity index (χ0) is 29.5. The first-order chi connectivity index (χ1) is 20.4. The number of hydrogen-bond donors (Lipinski definition) is 2. The Kier molecular flexibility index (Phi) is 8.84. The van der Waals surface area contributed by atoms with E-state index >= 15 is 0 Å². The zero-order valence-electron chi connectivity index (χ0n) is 23.2. The van der Waals surface area contributed by atoms with Gasteiger partial charge < -0.3 is 10.6 Å². The Morgan fingerprint density at radius 3 is 2.02 bits per heavy atom. The molecule has 8 heteroatoms. The van der Waals surface area contributed by atoms with E-state index in [2.05, 4.69) is 10.6 Å². The van der Waals surface area contributed by atoms with E-state index in [4.69, 9.17) is 0 Å². The second kappa shape index (κ2) is 13.1. The number of carbonyl (C=O) groups excluding carboxylic acids is 2. The van der Waals surface area contributed by atoms with Crippen LogP contribution in [0.15, 0.2) is 131 Å². The average molecular weight is 575 g/mol. The van der Waals surface area contributed by atoms with Gasteiger partial charge in [-0.2, -0.15) is 0 Å². The lowest BCUT2D eigenvalue weighted by Crippen LogP contribution is -2.25. The van der Waals surface area contributed by atoms with Gasteiger partial charge in [-0.3, -0.25) is 19.1 Å². The van der Waals surface area contributed by atoms with Crippen molar-refractivity contribution in [3.63, 3.8) is 0 Å². The molecule has 5 aromatic rings. The van der Waals surface area contributed by atoms with Gasteiger partial charge >= 0.3 is 0 Å². The predicted octanol–water partition coefficient (Wildman–Crippen LogP) is 6.61. The normalized spacial score (nSPS) is 11.8. The average Bonchev–Trinajstić information content (AvgIpc) is 3.23. The van der Waals surface area contributed by atoms with Crippen molar-refractivity contribution < 1.29 is 9.59 Å². The fraction of sp³-hybridized carbons (Fsp3) is 0.0882. The molecule has 0 bridgehead atoms. The van der Waals surface area contributed by atoms with Gasteiger partial charge in [0.25, 0.3) is 5.56 Å². The number of carbonyl (C=O) groups is 2. The van der Waals surface area contributed by atoms with Gasteiger partial charge in [0.05, 0.1) is 11.4 Å². The van der Waals surface area contributed by atoms with Crippen LogP contribution in [-0.4, -0.2) is 21.2 Å². The summed E-state index contributed by atoms with van der Waals surface area (Å²) in [6, 6.07) is 35.7. The van der Waals surface area contributed by atoms with Crippen LogP contribution < -0.4 is 16.2 Å². The number of anilines is 2. The highest BCUT2D eigenvalue weighted by molar-refractivity contribution is 8.00. The molecule has 0 spiro atoms. The number of rotatable bonds is 9. The van der Waals surface area contributed by atoms with Crippen LogP contribution in [0.5, 0.6) is 0 Å². The molecule has 210 valence electrons. The van der Waals surface area contributed by atoms with Crippen LogP contribution in [0.4, 0.5) is 11.4 Å². The fourth-order valence-corrected chi connectivity index (χ4v) is 5.50. The van der Waals surface area contributed by atoms with Crippen molar-refractivity contribution in [1.29, 1.82) is 0 Å². The number of amides is 2. The predicted molar refractivity (Wildman–Crippen MR) is 170 cm³/mol. The lowest BCUT2D eigenvalue weighted by atomic mass is 10.1. The van der Waals surface area contributed by atoms with Gasteiger partial charge in [-0.25, -0.2) is 4.68 Å². The van der Waals surface area contributed by atoms with Crippen LogP contribution in [0.25, 0.3) is 11.8 Å². The van der Waals surface area contributed by atoms with E-state index in [-0.39, 0.29) is 23.1 Å². The highest BCUT2D eigenvalue weighted by Gasteiger charge is 2.26. The van der Waals surface area contributed by atoms with E-state index in [1.54, 1.807) is 29.9 Å². The summed E-state index contributed by atoms with van der Waals surface area (Å²) in [5.41, 5.74) is 3.70. The third kappa shape index (κ3) is 6.62. The number of para-hydroxylation sites is 1. The van der Waals surface area contributed by atoms with Crippen molar-refractivity contribution in [2.75, 3.05) is 10.6 Å². The molecule has 1 aromatic heterocycles. The maximum Gasteiger partial charge on any atom is 0.295 e. The van der Waals surface area contributed by atoms with E-state index < -0.39 is 5.25 Å². The highest BCUT2D eigenvalue weighted by Crippen LogP contribution is 2.36. The second-order valence-corrected chi connectivity index (χ2v) is 10.8. The van der Waals surface area contributed by atoms with Gasteiger partial charge in [-0.05, 0) is 60.5 Å². The van der Waals surface area contributed by atoms with Crippen molar-refractivity contribution >= 4 is 41.0 Å². The van der Waals surface area contributed by atoms with Crippen LogP contribution >= 0.6 is 11.8 Å². The number of thioether (sulfide) groups is 1. The maximum absolute atomic E-state index is 13.7. The molecule has 2 amide bonds. The summed E-state index contributed by atoms with van der Waals surface area (Å²) in [7, 11) is 1.79. The molecule has 0 radical (unpaired) electrons. The minimum Gasteiger partial charge on any atom is -0.323 e. The van der Waals surface area contributed by atoms with Gasteiger partial charge in [-0.15, -0.1) is 11.8 Å². The Bertz CT molecular complexity index is 1760. The minimum atomic E-state index is -0.621. The highest BCUT2D eigenvalue weighted by atomic mass is 32.2. The SMILES string of the molecule is Cc1c(NC(=O)C(Sc2ccc(NC(=O)/C=C/c3ccccc3)cc2)c2ccccc2)c(=O)n(-c2ccccc2)n1C. The number of benzene rings is 4. The Morgan fingerprint density at radius 1 is 0.786 bits per heavy atom. The molecule has 1 atom stereocenters. The van der Waals surface area contributed by atoms with E-state index in [9.17, 15) is 14.4 Å². The molecule has 0 saturated carbocycles. The molecule has 0 saturated heterocycles. The van der Waals surface area contributed by atoms with Gasteiger partial charge in [-0.1, -0.05) is 78.9 Å². The smallest absolute Gasteiger partial charge is 0.295 e. The monoisotopic (exact) mass is 574 g/mol. The van der Waals surface area contributed by atoms with Gasteiger partial charge in [0.2, 0.25) is 11.8 Å². The molecule has 2 N–H and O–H groups in total. The summed E-state index contributed by atoms with van der Waals surface area (Å²) >= 11 is 1.37. The standard InChI is InChI=1S/C34H30N4O3S/c1-24-31(34(41)38(37(24)2)28-16-10-5-11-17-28)36-33(40)32(26-14-8-4-9-15-26)42-29-21-19-27(20-22-29)35-30(39)23-18-25-12-6-3-7-13-25/h3-23,32H,1-2H3,(H,35,39)(H,36,40)/b23-18+. The number of nitrogens with zero attached hydrogens (tertiary/aromatic N) is 2. The van der Waals surface area contributed by atoms with E-state index in [1.807, 2.05) is 110 Å². The van der Waals surface area contributed by atoms with E-state index in [0.717, 1.165) is 16.0 Å². The Morgan fingerprint density at radius 2 is 1.38 bits per heavy atom. The molecule has 4 aromatic carbocycles. The molecule has 0 fully saturated rings. The summed E-state index contributed by atoms with van der Waals surface area (Å²) in [5, 5.41) is 5.15. The van der Waals surface area contributed by atoms with Crippen molar-refractivity contribution in [2.45, 2.75) is 17.1 Å². The Balaban J connectivity index is 1.33. The van der Waals surface area contributed by atoms with Crippen LogP contribution in [0.1, 0.15) is 22.1 Å². The molecule has 42 heavy (non-hydrogen) atoms. The van der Waals surface area contributed by atoms with E-state index in [1.165, 1.54) is 22.5 Å². The lowest BCUT2D eigenvalue weighted by Gasteiger charge is -2.17. The van der Waals surface area contributed by atoms with Crippen molar-refractivity contribution in [3.05, 3.63) is 149 Å². The molecule has 0 aliphatic carbocycles. The third-order valence-corrected chi connectivity index (χ3v) is 8.01. The molecular weight excluding hydrogens is 544 g/mol. The minimum absolute atomic E-state index is 0.236. The van der Waals surface area contributed by atoms with Crippen LogP contribution in [-0.2, 0) is 16.6 Å². The quantitative estimate of drug-likeness (QED) is 0.153. The fourth-order valence-electron chi connectivity index (χ4n) is 4.47. The van der Waals surface area contributed by atoms with Crippen LogP contribution in [0.2, 0.25) is 0 Å². The summed E-state index contributed by atoms with van der Waals surface area (Å²) in [4.78, 5) is 40.3. The topological polar surface area (TPSA) is 85.1 Å². The summed E-state index contributed by atoms with van der Waals surface area (Å²) < 4.78 is 3.28. The first-order valence-corrected chi connectivity index (χ1v) is 14.3. The third-order valence-electron chi connectivity index (χ3n) is 6.75. The maximum atomic E-state index is 13.7. The van der Waals surface area contributed by atoms with Crippen molar-refractivity contribution in [2.24, 2.45) is 7.05 Å². The van der Waals surface area contributed by atoms with Crippen LogP contribution in [0, 0.1) is 6.92 Å². The largest absolute Gasteiger partial charge is 0.323 e. The summed E-state index contributed by atoms with van der Waals surface area (Å²) in [6.45, 7) is 1.81. The first kappa shape index (κ1) is 28.4. The second-order valence-electron chi connectivity index (χ2n) is 9.59. The first-order valence-electron chi connectivity index (χ1n) is 13.4. The van der Waals surface area contributed by atoms with Gasteiger partial charge in [0.15, 0.2) is 0 Å². The number of hydrogen-bond acceptors (Lipinski definition) is 4. The zero-order valence-corrected chi connectivity index (χ0v) is 24.0. The van der Waals surface area contributed by atoms with Gasteiger partial charge in [0.1, 0.15) is 10.9 Å². The Hall–Kier alpha value is -5.08. The lowest BCUT2D eigenvalue weighted by molar-refractivity contribution is -0.116. The molecule has 1 unspecified atom stereocenters. The van der Waals surface area contributed by atoms with Crippen molar-refractivity contribution in [1.82, 2.24) is 9.36 Å². The van der Waals surface area contributed by atoms with Crippen molar-refractivity contribution in [3.8, 4) is 5.69 Å². The summed E-state index contributed by atoms with van der Waals surface area (Å²) in [6.07, 6.45) is 3.25. The summed E-state index contributed by atoms with van der Waals surface area (Å²) in [5.74, 6) is -0.541. The molecule has 1 heterocycles.